The van der Waals surface area contributed by atoms with Gasteiger partial charge in [0.2, 0.25) is 0 Å². The summed E-state index contributed by atoms with van der Waals surface area (Å²) in [5, 5.41) is 8.63. The van der Waals surface area contributed by atoms with Crippen molar-refractivity contribution in [2.45, 2.75) is 13.0 Å². The average molecular weight is 302 g/mol. The highest BCUT2D eigenvalue weighted by Crippen LogP contribution is 2.25. The summed E-state index contributed by atoms with van der Waals surface area (Å²) in [5.41, 5.74) is 0.902. The van der Waals surface area contributed by atoms with Crippen LogP contribution in [0.3, 0.4) is 0 Å². The van der Waals surface area contributed by atoms with E-state index >= 15 is 0 Å². The molecule has 5 heteroatoms. The van der Waals surface area contributed by atoms with Gasteiger partial charge in [0.1, 0.15) is 5.82 Å². The Hall–Kier alpha value is -0.940. The molecule has 0 amide bonds. The number of likely N-dealkylation sites (tertiary alicyclic amines) is 1. The summed E-state index contributed by atoms with van der Waals surface area (Å²) in [4.78, 5) is 12.6. The summed E-state index contributed by atoms with van der Waals surface area (Å²) < 4.78 is 13.9. The summed E-state index contributed by atoms with van der Waals surface area (Å²) in [6.07, 6.45) is 0.223. The maximum atomic E-state index is 13.1. The second-order valence-electron chi connectivity index (χ2n) is 4.39. The van der Waals surface area contributed by atoms with Crippen LogP contribution >= 0.6 is 15.9 Å². The van der Waals surface area contributed by atoms with Gasteiger partial charge in [0.15, 0.2) is 0 Å². The Bertz CT molecular complexity index is 433. The van der Waals surface area contributed by atoms with Crippen molar-refractivity contribution in [1.82, 2.24) is 4.90 Å². The van der Waals surface area contributed by atoms with Gasteiger partial charge in [-0.1, -0.05) is 15.9 Å². The highest BCUT2D eigenvalue weighted by atomic mass is 79.9. The lowest BCUT2D eigenvalue weighted by Crippen LogP contribution is -2.46. The third kappa shape index (κ3) is 3.26. The minimum atomic E-state index is -0.749. The topological polar surface area (TPSA) is 40.5 Å². The molecule has 3 nitrogen and oxygen atoms in total. The summed E-state index contributed by atoms with van der Waals surface area (Å²) in [6, 6.07) is 4.62. The van der Waals surface area contributed by atoms with Crippen LogP contribution in [0.25, 0.3) is 0 Å². The number of nitrogens with zero attached hydrogens (tertiary/aromatic N) is 1. The van der Waals surface area contributed by atoms with Crippen LogP contribution in [-0.2, 0) is 11.3 Å². The van der Waals surface area contributed by atoms with E-state index in [0.29, 0.717) is 6.54 Å². The van der Waals surface area contributed by atoms with Gasteiger partial charge in [-0.05, 0) is 29.7 Å². The molecule has 92 valence electrons. The van der Waals surface area contributed by atoms with Gasteiger partial charge in [0.05, 0.1) is 6.42 Å². The SMILES string of the molecule is O=C(O)CC1CN(Cc2cc(F)ccc2Br)C1. The van der Waals surface area contributed by atoms with Gasteiger partial charge in [0.25, 0.3) is 0 Å². The van der Waals surface area contributed by atoms with E-state index in [0.717, 1.165) is 23.1 Å². The Morgan fingerprint density at radius 3 is 2.88 bits per heavy atom. The lowest BCUT2D eigenvalue weighted by molar-refractivity contribution is -0.139. The molecule has 1 aliphatic rings. The molecule has 0 aromatic heterocycles. The second kappa shape index (κ2) is 5.14. The Labute approximate surface area is 107 Å². The van der Waals surface area contributed by atoms with Crippen LogP contribution in [0.5, 0.6) is 0 Å². The first-order valence-electron chi connectivity index (χ1n) is 5.42. The minimum absolute atomic E-state index is 0.223. The summed E-state index contributed by atoms with van der Waals surface area (Å²) in [5.74, 6) is -0.757. The van der Waals surface area contributed by atoms with E-state index in [1.165, 1.54) is 12.1 Å². The van der Waals surface area contributed by atoms with Crippen molar-refractivity contribution >= 4 is 21.9 Å². The molecule has 2 rings (SSSR count). The Morgan fingerprint density at radius 2 is 2.24 bits per heavy atom. The van der Waals surface area contributed by atoms with Gasteiger partial charge >= 0.3 is 5.97 Å². The number of carbonyl (C=O) groups is 1. The van der Waals surface area contributed by atoms with Gasteiger partial charge in [-0.15, -0.1) is 0 Å². The fraction of sp³-hybridized carbons (Fsp3) is 0.417. The van der Waals surface area contributed by atoms with Crippen LogP contribution < -0.4 is 0 Å². The number of aliphatic carboxylic acids is 1. The van der Waals surface area contributed by atoms with Gasteiger partial charge in [0, 0.05) is 24.1 Å². The highest BCUT2D eigenvalue weighted by Gasteiger charge is 2.28. The highest BCUT2D eigenvalue weighted by molar-refractivity contribution is 9.10. The number of carboxylic acids is 1. The maximum absolute atomic E-state index is 13.1. The zero-order valence-corrected chi connectivity index (χ0v) is 10.8. The molecule has 0 bridgehead atoms. The maximum Gasteiger partial charge on any atom is 0.303 e. The molecule has 0 spiro atoms. The number of benzene rings is 1. The first kappa shape index (κ1) is 12.5. The van der Waals surface area contributed by atoms with Crippen molar-refractivity contribution in [2.75, 3.05) is 13.1 Å². The molecule has 1 saturated heterocycles. The predicted octanol–water partition coefficient (Wildman–Crippen LogP) is 2.49. The number of rotatable bonds is 4. The van der Waals surface area contributed by atoms with Gasteiger partial charge in [-0.3, -0.25) is 9.69 Å². The lowest BCUT2D eigenvalue weighted by Gasteiger charge is -2.38. The first-order valence-corrected chi connectivity index (χ1v) is 6.22. The van der Waals surface area contributed by atoms with Gasteiger partial charge in [-0.2, -0.15) is 0 Å². The van der Waals surface area contributed by atoms with Crippen molar-refractivity contribution in [3.8, 4) is 0 Å². The second-order valence-corrected chi connectivity index (χ2v) is 5.25. The van der Waals surface area contributed by atoms with Gasteiger partial charge in [-0.25, -0.2) is 4.39 Å². The molecule has 17 heavy (non-hydrogen) atoms. The molecule has 1 aromatic rings. The van der Waals surface area contributed by atoms with E-state index in [4.69, 9.17) is 5.11 Å². The molecule has 1 N–H and O–H groups in total. The van der Waals surface area contributed by atoms with E-state index in [-0.39, 0.29) is 18.2 Å². The molecule has 1 heterocycles. The zero-order chi connectivity index (χ0) is 12.4. The molecule has 0 unspecified atom stereocenters. The third-order valence-corrected chi connectivity index (χ3v) is 3.67. The third-order valence-electron chi connectivity index (χ3n) is 2.90. The lowest BCUT2D eigenvalue weighted by atomic mass is 9.96. The predicted molar refractivity (Wildman–Crippen MR) is 65.1 cm³/mol. The van der Waals surface area contributed by atoms with Crippen LogP contribution in [0, 0.1) is 11.7 Å². The average Bonchev–Trinajstić information content (AvgIpc) is 2.19. The van der Waals surface area contributed by atoms with Crippen LogP contribution in [0.1, 0.15) is 12.0 Å². The van der Waals surface area contributed by atoms with Crippen molar-refractivity contribution in [1.29, 1.82) is 0 Å². The molecular formula is C12H13BrFNO2. The van der Waals surface area contributed by atoms with Crippen LogP contribution in [0.2, 0.25) is 0 Å². The zero-order valence-electron chi connectivity index (χ0n) is 9.20. The Morgan fingerprint density at radius 1 is 1.53 bits per heavy atom. The first-order chi connectivity index (χ1) is 8.04. The molecular weight excluding hydrogens is 289 g/mol. The van der Waals surface area contributed by atoms with E-state index in [2.05, 4.69) is 20.8 Å². The standard InChI is InChI=1S/C12H13BrFNO2/c13-11-2-1-10(14)4-9(11)7-15-5-8(6-15)3-12(16)17/h1-2,4,8H,3,5-7H2,(H,16,17). The molecule has 0 atom stereocenters. The van der Waals surface area contributed by atoms with Crippen molar-refractivity contribution in [3.63, 3.8) is 0 Å². The van der Waals surface area contributed by atoms with Gasteiger partial charge < -0.3 is 5.11 Å². The molecule has 0 radical (unpaired) electrons. The van der Waals surface area contributed by atoms with Crippen molar-refractivity contribution in [2.24, 2.45) is 5.92 Å². The number of hydrogen-bond acceptors (Lipinski definition) is 2. The Kier molecular flexibility index (Phi) is 3.79. The molecule has 1 fully saturated rings. The monoisotopic (exact) mass is 301 g/mol. The fourth-order valence-electron chi connectivity index (χ4n) is 2.09. The normalized spacial score (nSPS) is 16.8. The molecule has 1 aliphatic heterocycles. The largest absolute Gasteiger partial charge is 0.481 e. The van der Waals surface area contributed by atoms with E-state index in [1.807, 2.05) is 0 Å². The minimum Gasteiger partial charge on any atom is -0.481 e. The fourth-order valence-corrected chi connectivity index (χ4v) is 2.46. The van der Waals surface area contributed by atoms with Crippen LogP contribution in [0.4, 0.5) is 4.39 Å². The van der Waals surface area contributed by atoms with Crippen LogP contribution in [0.15, 0.2) is 22.7 Å². The van der Waals surface area contributed by atoms with Crippen molar-refractivity contribution < 1.29 is 14.3 Å². The van der Waals surface area contributed by atoms with E-state index < -0.39 is 5.97 Å². The quantitative estimate of drug-likeness (QED) is 0.929. The summed E-state index contributed by atoms with van der Waals surface area (Å²) in [6.45, 7) is 2.21. The van der Waals surface area contributed by atoms with E-state index in [1.54, 1.807) is 6.07 Å². The smallest absolute Gasteiger partial charge is 0.303 e. The number of hydrogen-bond donors (Lipinski definition) is 1. The molecule has 0 aliphatic carbocycles. The summed E-state index contributed by atoms with van der Waals surface area (Å²) in [7, 11) is 0. The summed E-state index contributed by atoms with van der Waals surface area (Å²) >= 11 is 3.38. The van der Waals surface area contributed by atoms with E-state index in [9.17, 15) is 9.18 Å². The van der Waals surface area contributed by atoms with Crippen LogP contribution in [-0.4, -0.2) is 29.1 Å². The molecule has 0 saturated carbocycles. The van der Waals surface area contributed by atoms with Crippen molar-refractivity contribution in [3.05, 3.63) is 34.1 Å². The molecule has 1 aromatic carbocycles. The number of halogens is 2. The Balaban J connectivity index is 1.87. The number of carboxylic acid groups (broad SMARTS) is 1.